The van der Waals surface area contributed by atoms with Crippen molar-refractivity contribution in [3.05, 3.63) is 16.1 Å². The summed E-state index contributed by atoms with van der Waals surface area (Å²) in [4.78, 5) is 18.5. The van der Waals surface area contributed by atoms with Crippen LogP contribution >= 0.6 is 11.3 Å². The van der Waals surface area contributed by atoms with Crippen molar-refractivity contribution in [3.63, 3.8) is 0 Å². The zero-order valence-corrected chi connectivity index (χ0v) is 12.3. The smallest absolute Gasteiger partial charge is 0.260 e. The van der Waals surface area contributed by atoms with Crippen LogP contribution in [0.5, 0.6) is 0 Å². The fourth-order valence-electron chi connectivity index (χ4n) is 2.37. The molecular formula is C13H21N3O2S. The number of likely N-dealkylation sites (tertiary alicyclic amines) is 1. The molecule has 2 N–H and O–H groups in total. The van der Waals surface area contributed by atoms with Gasteiger partial charge in [-0.25, -0.2) is 4.98 Å². The maximum Gasteiger partial charge on any atom is 0.260 e. The van der Waals surface area contributed by atoms with Crippen molar-refractivity contribution in [2.75, 3.05) is 33.4 Å². The van der Waals surface area contributed by atoms with Gasteiger partial charge in [0.05, 0.1) is 17.8 Å². The number of nitrogens with zero attached hydrogens (tertiary/aromatic N) is 2. The van der Waals surface area contributed by atoms with Gasteiger partial charge in [-0.3, -0.25) is 4.79 Å². The van der Waals surface area contributed by atoms with Crippen LogP contribution in [0, 0.1) is 0 Å². The second-order valence-electron chi connectivity index (χ2n) is 5.29. The van der Waals surface area contributed by atoms with Crippen LogP contribution in [0.2, 0.25) is 0 Å². The van der Waals surface area contributed by atoms with Crippen molar-refractivity contribution in [2.24, 2.45) is 5.73 Å². The molecule has 0 atom stereocenters. The van der Waals surface area contributed by atoms with Gasteiger partial charge >= 0.3 is 0 Å². The van der Waals surface area contributed by atoms with Crippen molar-refractivity contribution in [1.29, 1.82) is 0 Å². The van der Waals surface area contributed by atoms with E-state index in [2.05, 4.69) is 16.8 Å². The molecule has 5 nitrogen and oxygen atoms in total. The van der Waals surface area contributed by atoms with Crippen LogP contribution in [-0.2, 0) is 10.2 Å². The van der Waals surface area contributed by atoms with Crippen LogP contribution in [0.4, 0.5) is 0 Å². The van der Waals surface area contributed by atoms with E-state index < -0.39 is 0 Å². The predicted octanol–water partition coefficient (Wildman–Crippen LogP) is 1.24. The molecule has 6 heteroatoms. The standard InChI is InChI=1S/C13H21N3O2S/c1-13(12-15-9-10(19-12)11(14)17)3-5-16(6-4-13)7-8-18-2/h9H,3-8H2,1-2H3,(H2,14,17). The summed E-state index contributed by atoms with van der Waals surface area (Å²) in [5.41, 5.74) is 5.36. The third-order valence-electron chi connectivity index (χ3n) is 3.84. The summed E-state index contributed by atoms with van der Waals surface area (Å²) in [6, 6.07) is 0. The molecule has 1 aliphatic rings. The largest absolute Gasteiger partial charge is 0.383 e. The molecule has 1 aromatic heterocycles. The second kappa shape index (κ2) is 5.98. The summed E-state index contributed by atoms with van der Waals surface area (Å²) in [6.07, 6.45) is 3.72. The first-order chi connectivity index (χ1) is 9.05. The van der Waals surface area contributed by atoms with Gasteiger partial charge in [-0.15, -0.1) is 11.3 Å². The quantitative estimate of drug-likeness (QED) is 0.883. The number of rotatable bonds is 5. The van der Waals surface area contributed by atoms with Crippen molar-refractivity contribution < 1.29 is 9.53 Å². The van der Waals surface area contributed by atoms with Crippen LogP contribution in [0.25, 0.3) is 0 Å². The van der Waals surface area contributed by atoms with Gasteiger partial charge < -0.3 is 15.4 Å². The molecule has 0 unspecified atom stereocenters. The topological polar surface area (TPSA) is 68.4 Å². The maximum absolute atomic E-state index is 11.1. The number of carbonyl (C=O) groups is 1. The minimum Gasteiger partial charge on any atom is -0.383 e. The Kier molecular flexibility index (Phi) is 4.54. The third kappa shape index (κ3) is 3.32. The van der Waals surface area contributed by atoms with E-state index in [4.69, 9.17) is 10.5 Å². The van der Waals surface area contributed by atoms with E-state index in [0.717, 1.165) is 44.1 Å². The molecule has 0 saturated carbocycles. The minimum absolute atomic E-state index is 0.0714. The molecule has 1 saturated heterocycles. The van der Waals surface area contributed by atoms with E-state index in [1.54, 1.807) is 13.3 Å². The average molecular weight is 283 g/mol. The SMILES string of the molecule is COCCN1CCC(C)(c2ncc(C(N)=O)s2)CC1. The molecule has 19 heavy (non-hydrogen) atoms. The highest BCUT2D eigenvalue weighted by atomic mass is 32.1. The Morgan fingerprint density at radius 2 is 2.26 bits per heavy atom. The summed E-state index contributed by atoms with van der Waals surface area (Å²) in [5, 5.41) is 1.03. The van der Waals surface area contributed by atoms with Crippen molar-refractivity contribution >= 4 is 17.2 Å². The van der Waals surface area contributed by atoms with Crippen molar-refractivity contribution in [3.8, 4) is 0 Å². The van der Waals surface area contributed by atoms with Crippen LogP contribution in [-0.4, -0.2) is 49.1 Å². The first kappa shape index (κ1) is 14.4. The van der Waals surface area contributed by atoms with Gasteiger partial charge in [0.2, 0.25) is 0 Å². The van der Waals surface area contributed by atoms with Crippen LogP contribution in [0.3, 0.4) is 0 Å². The van der Waals surface area contributed by atoms with Crippen LogP contribution in [0.15, 0.2) is 6.20 Å². The van der Waals surface area contributed by atoms with Crippen LogP contribution in [0.1, 0.15) is 34.4 Å². The Morgan fingerprint density at radius 3 is 2.79 bits per heavy atom. The number of hydrogen-bond donors (Lipinski definition) is 1. The number of ether oxygens (including phenoxy) is 1. The Labute approximate surface area is 117 Å². The normalized spacial score (nSPS) is 19.5. The molecule has 0 aromatic carbocycles. The average Bonchev–Trinajstić information content (AvgIpc) is 2.89. The lowest BCUT2D eigenvalue weighted by Crippen LogP contribution is -2.42. The number of nitrogens with two attached hydrogens (primary N) is 1. The lowest BCUT2D eigenvalue weighted by atomic mass is 9.81. The van der Waals surface area contributed by atoms with E-state index in [-0.39, 0.29) is 11.3 Å². The molecule has 1 aliphatic heterocycles. The molecule has 0 spiro atoms. The molecule has 1 fully saturated rings. The van der Waals surface area contributed by atoms with Gasteiger partial charge in [-0.1, -0.05) is 6.92 Å². The number of primary amides is 1. The van der Waals surface area contributed by atoms with E-state index in [1.165, 1.54) is 11.3 Å². The Bertz CT molecular complexity index is 439. The van der Waals surface area contributed by atoms with Gasteiger partial charge in [0, 0.05) is 19.1 Å². The van der Waals surface area contributed by atoms with Gasteiger partial charge in [-0.2, -0.15) is 0 Å². The highest BCUT2D eigenvalue weighted by Gasteiger charge is 2.34. The van der Waals surface area contributed by atoms with Gasteiger partial charge in [0.25, 0.3) is 5.91 Å². The van der Waals surface area contributed by atoms with E-state index in [9.17, 15) is 4.79 Å². The van der Waals surface area contributed by atoms with Gasteiger partial charge in [-0.05, 0) is 25.9 Å². The maximum atomic E-state index is 11.1. The van der Waals surface area contributed by atoms with E-state index in [0.29, 0.717) is 4.88 Å². The lowest BCUT2D eigenvalue weighted by molar-refractivity contribution is 0.100. The number of carbonyl (C=O) groups excluding carboxylic acids is 1. The van der Waals surface area contributed by atoms with Crippen molar-refractivity contribution in [1.82, 2.24) is 9.88 Å². The highest BCUT2D eigenvalue weighted by Crippen LogP contribution is 2.37. The number of methoxy groups -OCH3 is 1. The highest BCUT2D eigenvalue weighted by molar-refractivity contribution is 7.13. The summed E-state index contributed by atoms with van der Waals surface area (Å²) in [5.74, 6) is -0.384. The van der Waals surface area contributed by atoms with E-state index in [1.807, 2.05) is 0 Å². The van der Waals surface area contributed by atoms with E-state index >= 15 is 0 Å². The Hall–Kier alpha value is -0.980. The fraction of sp³-hybridized carbons (Fsp3) is 0.692. The monoisotopic (exact) mass is 283 g/mol. The number of thiazole rings is 1. The van der Waals surface area contributed by atoms with Gasteiger partial charge in [0.1, 0.15) is 4.88 Å². The number of piperidine rings is 1. The van der Waals surface area contributed by atoms with Crippen LogP contribution < -0.4 is 5.73 Å². The molecule has 1 aromatic rings. The Morgan fingerprint density at radius 1 is 1.58 bits per heavy atom. The molecule has 0 bridgehead atoms. The van der Waals surface area contributed by atoms with Gasteiger partial charge in [0.15, 0.2) is 0 Å². The first-order valence-electron chi connectivity index (χ1n) is 6.52. The fourth-order valence-corrected chi connectivity index (χ4v) is 3.34. The molecule has 2 rings (SSSR count). The summed E-state index contributed by atoms with van der Waals surface area (Å²) in [7, 11) is 1.73. The third-order valence-corrected chi connectivity index (χ3v) is 5.15. The molecule has 0 aliphatic carbocycles. The Balaban J connectivity index is 1.98. The number of hydrogen-bond acceptors (Lipinski definition) is 5. The zero-order chi connectivity index (χ0) is 13.9. The molecular weight excluding hydrogens is 262 g/mol. The minimum atomic E-state index is -0.384. The molecule has 106 valence electrons. The summed E-state index contributed by atoms with van der Waals surface area (Å²) >= 11 is 1.44. The zero-order valence-electron chi connectivity index (χ0n) is 11.5. The second-order valence-corrected chi connectivity index (χ2v) is 6.32. The molecule has 2 heterocycles. The lowest BCUT2D eigenvalue weighted by Gasteiger charge is -2.38. The number of aromatic nitrogens is 1. The summed E-state index contributed by atoms with van der Waals surface area (Å²) < 4.78 is 5.11. The predicted molar refractivity (Wildman–Crippen MR) is 75.5 cm³/mol. The van der Waals surface area contributed by atoms with Crippen molar-refractivity contribution in [2.45, 2.75) is 25.2 Å². The first-order valence-corrected chi connectivity index (χ1v) is 7.34. The summed E-state index contributed by atoms with van der Waals surface area (Å²) in [6.45, 7) is 6.08. The molecule has 0 radical (unpaired) electrons. The molecule has 1 amide bonds. The number of amides is 1.